The van der Waals surface area contributed by atoms with Crippen LogP contribution in [0, 0.1) is 17.0 Å². The summed E-state index contributed by atoms with van der Waals surface area (Å²) in [5.41, 5.74) is 1.18. The summed E-state index contributed by atoms with van der Waals surface area (Å²) in [4.78, 5) is 26.2. The van der Waals surface area contributed by atoms with Gasteiger partial charge in [-0.1, -0.05) is 29.3 Å². The predicted molar refractivity (Wildman–Crippen MR) is 94.1 cm³/mol. The molecule has 0 unspecified atom stereocenters. The number of nitrogens with one attached hydrogen (secondary N) is 1. The van der Waals surface area contributed by atoms with Gasteiger partial charge in [-0.2, -0.15) is 0 Å². The molecule has 1 heterocycles. The molecule has 2 aromatic rings. The Kier molecular flexibility index (Phi) is 6.17. The SMILES string of the molecule is Cc1ccc(OCC(=O)N[C@H](C)c2ccc(Cl)cc2Cl)c([N+](=O)[O-])n1. The number of pyridine rings is 1. The van der Waals surface area contributed by atoms with E-state index in [2.05, 4.69) is 10.3 Å². The van der Waals surface area contributed by atoms with Crippen LogP contribution in [0.1, 0.15) is 24.2 Å². The number of ether oxygens (including phenoxy) is 1. The number of hydrogen-bond donors (Lipinski definition) is 1. The number of aryl methyl sites for hydroxylation is 1. The third-order valence-electron chi connectivity index (χ3n) is 3.32. The highest BCUT2D eigenvalue weighted by Gasteiger charge is 2.19. The van der Waals surface area contributed by atoms with E-state index in [-0.39, 0.29) is 18.4 Å². The molecule has 1 amide bonds. The van der Waals surface area contributed by atoms with Crippen LogP contribution in [0.5, 0.6) is 5.75 Å². The highest BCUT2D eigenvalue weighted by atomic mass is 35.5. The Morgan fingerprint density at radius 3 is 2.72 bits per heavy atom. The average Bonchev–Trinajstić information content (AvgIpc) is 2.53. The Balaban J connectivity index is 2.00. The van der Waals surface area contributed by atoms with Crippen molar-refractivity contribution in [3.63, 3.8) is 0 Å². The molecule has 0 spiro atoms. The van der Waals surface area contributed by atoms with Gasteiger partial charge in [-0.25, -0.2) is 0 Å². The molecule has 132 valence electrons. The van der Waals surface area contributed by atoms with Crippen LogP contribution in [-0.4, -0.2) is 22.4 Å². The highest BCUT2D eigenvalue weighted by Crippen LogP contribution is 2.26. The normalized spacial score (nSPS) is 11.7. The maximum absolute atomic E-state index is 12.0. The van der Waals surface area contributed by atoms with Crippen molar-refractivity contribution in [2.24, 2.45) is 0 Å². The monoisotopic (exact) mass is 383 g/mol. The molecule has 2 rings (SSSR count). The second-order valence-corrected chi connectivity index (χ2v) is 6.12. The number of halogens is 2. The molecule has 0 aliphatic carbocycles. The van der Waals surface area contributed by atoms with Gasteiger partial charge in [-0.3, -0.25) is 4.79 Å². The summed E-state index contributed by atoms with van der Waals surface area (Å²) in [6.45, 7) is 2.99. The number of carbonyl (C=O) groups is 1. The largest absolute Gasteiger partial charge is 0.476 e. The van der Waals surface area contributed by atoms with Gasteiger partial charge < -0.3 is 20.2 Å². The molecular weight excluding hydrogens is 369 g/mol. The lowest BCUT2D eigenvalue weighted by atomic mass is 10.1. The molecule has 1 atom stereocenters. The average molecular weight is 384 g/mol. The molecule has 25 heavy (non-hydrogen) atoms. The number of carbonyl (C=O) groups excluding carboxylic acids is 1. The maximum atomic E-state index is 12.0. The number of nitrogens with zero attached hydrogens (tertiary/aromatic N) is 2. The van der Waals surface area contributed by atoms with E-state index in [4.69, 9.17) is 27.9 Å². The first-order valence-electron chi connectivity index (χ1n) is 7.27. The van der Waals surface area contributed by atoms with E-state index >= 15 is 0 Å². The van der Waals surface area contributed by atoms with Gasteiger partial charge in [-0.15, -0.1) is 0 Å². The lowest BCUT2D eigenvalue weighted by molar-refractivity contribution is -0.390. The Bertz CT molecular complexity index is 814. The molecule has 7 nitrogen and oxygen atoms in total. The van der Waals surface area contributed by atoms with Crippen LogP contribution in [0.2, 0.25) is 10.0 Å². The third-order valence-corrected chi connectivity index (χ3v) is 3.88. The first-order chi connectivity index (χ1) is 11.8. The number of hydrogen-bond acceptors (Lipinski definition) is 5. The highest BCUT2D eigenvalue weighted by molar-refractivity contribution is 6.35. The minimum Gasteiger partial charge on any atom is -0.476 e. The zero-order valence-corrected chi connectivity index (χ0v) is 15.0. The van der Waals surface area contributed by atoms with Crippen molar-refractivity contribution in [1.29, 1.82) is 0 Å². The van der Waals surface area contributed by atoms with Crippen LogP contribution < -0.4 is 10.1 Å². The van der Waals surface area contributed by atoms with Crippen molar-refractivity contribution in [2.45, 2.75) is 19.9 Å². The van der Waals surface area contributed by atoms with E-state index in [1.165, 1.54) is 6.07 Å². The fourth-order valence-electron chi connectivity index (χ4n) is 2.13. The molecular formula is C16H15Cl2N3O4. The summed E-state index contributed by atoms with van der Waals surface area (Å²) in [7, 11) is 0. The predicted octanol–water partition coefficient (Wildman–Crippen LogP) is 3.86. The molecule has 0 aliphatic rings. The van der Waals surface area contributed by atoms with E-state index in [0.717, 1.165) is 0 Å². The Morgan fingerprint density at radius 1 is 1.36 bits per heavy atom. The van der Waals surface area contributed by atoms with Gasteiger partial charge >= 0.3 is 5.82 Å². The van der Waals surface area contributed by atoms with Gasteiger partial charge in [0.1, 0.15) is 5.69 Å². The lowest BCUT2D eigenvalue weighted by Crippen LogP contribution is -2.31. The van der Waals surface area contributed by atoms with Gasteiger partial charge in [0, 0.05) is 17.0 Å². The smallest absolute Gasteiger partial charge is 0.406 e. The van der Waals surface area contributed by atoms with Gasteiger partial charge in [0.15, 0.2) is 6.61 Å². The van der Waals surface area contributed by atoms with Crippen LogP contribution >= 0.6 is 23.2 Å². The van der Waals surface area contributed by atoms with Crippen LogP contribution in [-0.2, 0) is 4.79 Å². The number of nitro groups is 1. The van der Waals surface area contributed by atoms with Crippen LogP contribution in [0.3, 0.4) is 0 Å². The van der Waals surface area contributed by atoms with Crippen molar-refractivity contribution >= 4 is 34.9 Å². The number of aromatic nitrogens is 1. The molecule has 1 aromatic carbocycles. The van der Waals surface area contributed by atoms with E-state index < -0.39 is 16.6 Å². The number of amides is 1. The van der Waals surface area contributed by atoms with Crippen molar-refractivity contribution in [3.8, 4) is 5.75 Å². The van der Waals surface area contributed by atoms with Gasteiger partial charge in [-0.05, 0) is 46.7 Å². The lowest BCUT2D eigenvalue weighted by Gasteiger charge is -2.16. The van der Waals surface area contributed by atoms with Crippen LogP contribution in [0.25, 0.3) is 0 Å². The summed E-state index contributed by atoms with van der Waals surface area (Å²) in [6.07, 6.45) is 0. The summed E-state index contributed by atoms with van der Waals surface area (Å²) in [5, 5.41) is 14.6. The maximum Gasteiger partial charge on any atom is 0.406 e. The zero-order valence-electron chi connectivity index (χ0n) is 13.5. The summed E-state index contributed by atoms with van der Waals surface area (Å²) < 4.78 is 5.23. The van der Waals surface area contributed by atoms with E-state index in [0.29, 0.717) is 21.3 Å². The number of benzene rings is 1. The molecule has 0 saturated heterocycles. The molecule has 0 bridgehead atoms. The fraction of sp³-hybridized carbons (Fsp3) is 0.250. The van der Waals surface area contributed by atoms with Crippen molar-refractivity contribution < 1.29 is 14.5 Å². The van der Waals surface area contributed by atoms with Crippen molar-refractivity contribution in [3.05, 3.63) is 61.7 Å². The molecule has 1 aromatic heterocycles. The second-order valence-electron chi connectivity index (χ2n) is 5.28. The summed E-state index contributed by atoms with van der Waals surface area (Å²) in [6, 6.07) is 7.56. The summed E-state index contributed by atoms with van der Waals surface area (Å²) >= 11 is 11.9. The quantitative estimate of drug-likeness (QED) is 0.603. The Morgan fingerprint density at radius 2 is 2.08 bits per heavy atom. The second kappa shape index (κ2) is 8.13. The Hall–Kier alpha value is -2.38. The molecule has 0 aliphatic heterocycles. The topological polar surface area (TPSA) is 94.4 Å². The van der Waals surface area contributed by atoms with Gasteiger partial charge in [0.25, 0.3) is 5.91 Å². The summed E-state index contributed by atoms with van der Waals surface area (Å²) in [5.74, 6) is -0.946. The first kappa shape index (κ1) is 19.0. The standard InChI is InChI=1S/C16H15Cl2N3O4/c1-9-3-6-14(16(19-9)21(23)24)25-8-15(22)20-10(2)12-5-4-11(17)7-13(12)18/h3-7,10H,8H2,1-2H3,(H,20,22)/t10-/m1/s1. The van der Waals surface area contributed by atoms with Gasteiger partial charge in [0.2, 0.25) is 5.75 Å². The fourth-order valence-corrected chi connectivity index (χ4v) is 2.70. The number of rotatable bonds is 6. The van der Waals surface area contributed by atoms with E-state index in [9.17, 15) is 14.9 Å². The zero-order chi connectivity index (χ0) is 18.6. The molecule has 0 radical (unpaired) electrons. The van der Waals surface area contributed by atoms with Crippen molar-refractivity contribution in [1.82, 2.24) is 10.3 Å². The van der Waals surface area contributed by atoms with E-state index in [1.807, 2.05) is 0 Å². The van der Waals surface area contributed by atoms with Gasteiger partial charge in [0.05, 0.1) is 6.04 Å². The van der Waals surface area contributed by atoms with Crippen molar-refractivity contribution in [2.75, 3.05) is 6.61 Å². The minimum absolute atomic E-state index is 0.0667. The van der Waals surface area contributed by atoms with Crippen LogP contribution in [0.4, 0.5) is 5.82 Å². The molecule has 1 N–H and O–H groups in total. The Labute approximate surface area is 154 Å². The molecule has 0 fully saturated rings. The first-order valence-corrected chi connectivity index (χ1v) is 8.02. The minimum atomic E-state index is -0.656. The van der Waals surface area contributed by atoms with E-state index in [1.54, 1.807) is 38.1 Å². The van der Waals surface area contributed by atoms with Crippen LogP contribution in [0.15, 0.2) is 30.3 Å². The third kappa shape index (κ3) is 5.04. The molecule has 9 heteroatoms. The molecule has 0 saturated carbocycles.